The lowest BCUT2D eigenvalue weighted by Gasteiger charge is -2.46. The summed E-state index contributed by atoms with van der Waals surface area (Å²) in [5.74, 6) is 2.76. The van der Waals surface area contributed by atoms with Gasteiger partial charge in [0.1, 0.15) is 11.5 Å². The topological polar surface area (TPSA) is 35.0 Å². The van der Waals surface area contributed by atoms with Gasteiger partial charge in [0.15, 0.2) is 5.82 Å². The molecule has 0 fully saturated rings. The second-order valence-electron chi connectivity index (χ2n) is 16.1. The summed E-state index contributed by atoms with van der Waals surface area (Å²) in [6, 6.07) is 50.0. The lowest BCUT2D eigenvalue weighted by molar-refractivity contribution is 0.340. The van der Waals surface area contributed by atoms with Gasteiger partial charge in [0.2, 0.25) is 0 Å². The Bertz CT molecular complexity index is 3030. The molecule has 4 aliphatic carbocycles. The highest BCUT2D eigenvalue weighted by Crippen LogP contribution is 2.64. The molecular formula is C55H40N2O. The SMILES string of the molecule is C1=CC2=C(CC1)C1(C3=C(Oc4ccccc41)C(c1ccccc1-c1cc(-c4ccc5c(ccc6ccccc65)c4)nc(-c4ccccc4)n1)CC=C3)C1=C2C=CCC1. The fourth-order valence-corrected chi connectivity index (χ4v) is 10.6. The average molecular weight is 745 g/mol. The van der Waals surface area contributed by atoms with Gasteiger partial charge in [-0.05, 0) is 99.7 Å². The fourth-order valence-electron chi connectivity index (χ4n) is 10.6. The van der Waals surface area contributed by atoms with Crippen molar-refractivity contribution in [2.45, 2.75) is 43.4 Å². The number of aromatic nitrogens is 2. The zero-order chi connectivity index (χ0) is 38.2. The maximum Gasteiger partial charge on any atom is 0.160 e. The predicted octanol–water partition coefficient (Wildman–Crippen LogP) is 13.7. The van der Waals surface area contributed by atoms with E-state index in [9.17, 15) is 0 Å². The molecule has 12 rings (SSSR count). The van der Waals surface area contributed by atoms with Crippen molar-refractivity contribution in [3.8, 4) is 39.7 Å². The second kappa shape index (κ2) is 13.1. The summed E-state index contributed by atoms with van der Waals surface area (Å²) >= 11 is 0. The molecule has 3 heteroatoms. The van der Waals surface area contributed by atoms with Crippen molar-refractivity contribution in [2.75, 3.05) is 0 Å². The molecule has 7 aromatic rings. The van der Waals surface area contributed by atoms with Crippen LogP contribution in [-0.4, -0.2) is 9.97 Å². The predicted molar refractivity (Wildman–Crippen MR) is 236 cm³/mol. The van der Waals surface area contributed by atoms with Crippen molar-refractivity contribution in [1.29, 1.82) is 0 Å². The summed E-state index contributed by atoms with van der Waals surface area (Å²) in [7, 11) is 0. The van der Waals surface area contributed by atoms with Crippen molar-refractivity contribution in [3.05, 3.63) is 221 Å². The van der Waals surface area contributed by atoms with Gasteiger partial charge in [0.25, 0.3) is 0 Å². The molecule has 3 nitrogen and oxygen atoms in total. The summed E-state index contributed by atoms with van der Waals surface area (Å²) in [5, 5.41) is 4.94. The number of fused-ring (bicyclic) bond motifs is 9. The van der Waals surface area contributed by atoms with Gasteiger partial charge in [0.05, 0.1) is 16.8 Å². The van der Waals surface area contributed by atoms with Crippen LogP contribution >= 0.6 is 0 Å². The number of hydrogen-bond acceptors (Lipinski definition) is 3. The molecule has 2 heterocycles. The monoisotopic (exact) mass is 744 g/mol. The van der Waals surface area contributed by atoms with Crippen molar-refractivity contribution in [2.24, 2.45) is 0 Å². The normalized spacial score (nSPS) is 18.7. The minimum Gasteiger partial charge on any atom is -0.460 e. The van der Waals surface area contributed by atoms with Gasteiger partial charge < -0.3 is 4.74 Å². The summed E-state index contributed by atoms with van der Waals surface area (Å²) in [4.78, 5) is 10.6. The third kappa shape index (κ3) is 4.92. The van der Waals surface area contributed by atoms with Crippen molar-refractivity contribution in [1.82, 2.24) is 9.97 Å². The van der Waals surface area contributed by atoms with Crippen LogP contribution in [0.25, 0.3) is 55.4 Å². The van der Waals surface area contributed by atoms with Gasteiger partial charge in [-0.1, -0.05) is 158 Å². The lowest BCUT2D eigenvalue weighted by Crippen LogP contribution is -2.38. The van der Waals surface area contributed by atoms with E-state index in [1.54, 1.807) is 0 Å². The van der Waals surface area contributed by atoms with E-state index < -0.39 is 0 Å². The van der Waals surface area contributed by atoms with Crippen LogP contribution in [0.2, 0.25) is 0 Å². The van der Waals surface area contributed by atoms with E-state index >= 15 is 0 Å². The Morgan fingerprint density at radius 2 is 1.26 bits per heavy atom. The van der Waals surface area contributed by atoms with Gasteiger partial charge in [0, 0.05) is 33.7 Å². The fraction of sp³-hybridized carbons (Fsp3) is 0.127. The first-order valence-electron chi connectivity index (χ1n) is 20.7. The largest absolute Gasteiger partial charge is 0.460 e. The Morgan fingerprint density at radius 3 is 2.12 bits per heavy atom. The first-order chi connectivity index (χ1) is 28.8. The highest BCUT2D eigenvalue weighted by Gasteiger charge is 2.54. The molecule has 0 N–H and O–H groups in total. The van der Waals surface area contributed by atoms with E-state index in [2.05, 4.69) is 170 Å². The number of allylic oxidation sites excluding steroid dienone is 12. The van der Waals surface area contributed by atoms with Crippen LogP contribution in [0.4, 0.5) is 0 Å². The Kier molecular flexibility index (Phi) is 7.53. The molecule has 1 atom stereocenters. The highest BCUT2D eigenvalue weighted by atomic mass is 16.5. The third-order valence-corrected chi connectivity index (χ3v) is 13.1. The maximum atomic E-state index is 7.21. The smallest absolute Gasteiger partial charge is 0.160 e. The molecule has 5 aliphatic rings. The Labute approximate surface area is 338 Å². The Balaban J connectivity index is 1.05. The molecule has 0 saturated heterocycles. The van der Waals surface area contributed by atoms with Crippen molar-refractivity contribution >= 4 is 21.5 Å². The summed E-state index contributed by atoms with van der Waals surface area (Å²) < 4.78 is 7.21. The Morgan fingerprint density at radius 1 is 0.552 bits per heavy atom. The first kappa shape index (κ1) is 33.3. The van der Waals surface area contributed by atoms with E-state index in [1.807, 2.05) is 6.07 Å². The van der Waals surface area contributed by atoms with Crippen LogP contribution in [0.3, 0.4) is 0 Å². The molecule has 6 aromatic carbocycles. The van der Waals surface area contributed by atoms with Gasteiger partial charge in [-0.2, -0.15) is 0 Å². The maximum absolute atomic E-state index is 7.21. The van der Waals surface area contributed by atoms with E-state index in [0.29, 0.717) is 5.82 Å². The molecular weight excluding hydrogens is 705 g/mol. The molecule has 1 aromatic heterocycles. The summed E-state index contributed by atoms with van der Waals surface area (Å²) in [5.41, 5.74) is 14.3. The quantitative estimate of drug-likeness (QED) is 0.168. The minimum atomic E-state index is -0.335. The number of para-hydroxylation sites is 1. The first-order valence-corrected chi connectivity index (χ1v) is 20.7. The molecule has 0 radical (unpaired) electrons. The van der Waals surface area contributed by atoms with E-state index in [4.69, 9.17) is 14.7 Å². The van der Waals surface area contributed by atoms with Crippen LogP contribution in [-0.2, 0) is 5.41 Å². The summed E-state index contributed by atoms with van der Waals surface area (Å²) in [6.45, 7) is 0. The third-order valence-electron chi connectivity index (χ3n) is 13.1. The van der Waals surface area contributed by atoms with Crippen molar-refractivity contribution in [3.63, 3.8) is 0 Å². The van der Waals surface area contributed by atoms with Gasteiger partial charge in [-0.3, -0.25) is 0 Å². The van der Waals surface area contributed by atoms with Crippen LogP contribution in [0.1, 0.15) is 49.1 Å². The van der Waals surface area contributed by atoms with Crippen LogP contribution in [0, 0.1) is 0 Å². The zero-order valence-corrected chi connectivity index (χ0v) is 32.2. The number of rotatable bonds is 4. The highest BCUT2D eigenvalue weighted by molar-refractivity contribution is 6.08. The molecule has 0 bridgehead atoms. The molecule has 58 heavy (non-hydrogen) atoms. The molecule has 276 valence electrons. The van der Waals surface area contributed by atoms with E-state index in [1.165, 1.54) is 60.5 Å². The molecule has 1 aliphatic heterocycles. The molecule has 1 unspecified atom stereocenters. The Hall–Kier alpha value is -6.84. The standard InChI is InChI=1S/C55H40N2O/c1-2-16-36(17-3-1)54-56-50(38-31-32-40-37(33-38)30-29-35-15-4-5-18-39(35)40)34-51(57-54)44-22-7-6-19-41(44)45-23-14-27-49-53(45)58-52-28-13-12-26-48(52)55(49)46-24-10-8-20-42(46)43-21-9-11-25-47(43)55/h1-9,12-22,26-34,45H,10-11,23-25H2. The van der Waals surface area contributed by atoms with Crippen LogP contribution in [0.5, 0.6) is 5.75 Å². The zero-order valence-electron chi connectivity index (χ0n) is 32.2. The molecule has 0 amide bonds. The van der Waals surface area contributed by atoms with E-state index in [-0.39, 0.29) is 11.3 Å². The van der Waals surface area contributed by atoms with E-state index in [0.717, 1.165) is 71.7 Å². The lowest BCUT2D eigenvalue weighted by atomic mass is 9.60. The number of hydrogen-bond donors (Lipinski definition) is 0. The number of nitrogens with zero attached hydrogens (tertiary/aromatic N) is 2. The minimum absolute atomic E-state index is 0.000868. The summed E-state index contributed by atoms with van der Waals surface area (Å²) in [6.07, 6.45) is 19.4. The average Bonchev–Trinajstić information content (AvgIpc) is 3.59. The van der Waals surface area contributed by atoms with Crippen LogP contribution in [0.15, 0.2) is 210 Å². The second-order valence-corrected chi connectivity index (χ2v) is 16.1. The van der Waals surface area contributed by atoms with Gasteiger partial charge in [-0.25, -0.2) is 9.97 Å². The van der Waals surface area contributed by atoms with Crippen LogP contribution < -0.4 is 4.74 Å². The number of ether oxygens (including phenoxy) is 1. The molecule has 1 spiro atoms. The van der Waals surface area contributed by atoms with Gasteiger partial charge >= 0.3 is 0 Å². The number of benzene rings is 6. The molecule has 0 saturated carbocycles. The van der Waals surface area contributed by atoms with Gasteiger partial charge in [-0.15, -0.1) is 0 Å². The van der Waals surface area contributed by atoms with Crippen molar-refractivity contribution < 1.29 is 4.74 Å².